The highest BCUT2D eigenvalue weighted by atomic mass is 32.1. The van der Waals surface area contributed by atoms with E-state index in [-0.39, 0.29) is 6.10 Å². The van der Waals surface area contributed by atoms with Crippen LogP contribution in [0.25, 0.3) is 0 Å². The van der Waals surface area contributed by atoms with Crippen molar-refractivity contribution in [3.8, 4) is 0 Å². The van der Waals surface area contributed by atoms with Gasteiger partial charge in [0.25, 0.3) is 0 Å². The van der Waals surface area contributed by atoms with Crippen LogP contribution >= 0.6 is 11.3 Å². The van der Waals surface area contributed by atoms with Crippen LogP contribution in [0.1, 0.15) is 81.0 Å². The van der Waals surface area contributed by atoms with E-state index >= 15 is 0 Å². The van der Waals surface area contributed by atoms with Gasteiger partial charge >= 0.3 is 0 Å². The molecule has 20 heavy (non-hydrogen) atoms. The molecule has 1 unspecified atom stereocenters. The van der Waals surface area contributed by atoms with E-state index in [4.69, 9.17) is 9.72 Å². The maximum atomic E-state index is 5.89. The summed E-state index contributed by atoms with van der Waals surface area (Å²) in [6.07, 6.45) is 5.03. The van der Waals surface area contributed by atoms with Crippen LogP contribution in [-0.2, 0) is 11.3 Å². The Morgan fingerprint density at radius 3 is 2.65 bits per heavy atom. The van der Waals surface area contributed by atoms with E-state index in [1.165, 1.54) is 28.4 Å². The summed E-state index contributed by atoms with van der Waals surface area (Å²) in [5.74, 6) is 0.716. The third-order valence-electron chi connectivity index (χ3n) is 3.57. The minimum Gasteiger partial charge on any atom is -0.371 e. The summed E-state index contributed by atoms with van der Waals surface area (Å²) in [6, 6.07) is 0.519. The van der Waals surface area contributed by atoms with Gasteiger partial charge in [0.05, 0.1) is 5.69 Å². The zero-order valence-electron chi connectivity index (χ0n) is 13.2. The predicted molar refractivity (Wildman–Crippen MR) is 85.3 cm³/mol. The maximum absolute atomic E-state index is 5.89. The van der Waals surface area contributed by atoms with Crippen LogP contribution in [0, 0.1) is 0 Å². The van der Waals surface area contributed by atoms with E-state index in [9.17, 15) is 0 Å². The van der Waals surface area contributed by atoms with Crippen molar-refractivity contribution in [1.29, 1.82) is 0 Å². The van der Waals surface area contributed by atoms with E-state index in [0.29, 0.717) is 12.0 Å². The van der Waals surface area contributed by atoms with Crippen molar-refractivity contribution in [1.82, 2.24) is 10.3 Å². The first-order chi connectivity index (χ1) is 9.65. The first-order valence-corrected chi connectivity index (χ1v) is 8.81. The smallest absolute Gasteiger partial charge is 0.122 e. The molecule has 1 saturated carbocycles. The Kier molecular flexibility index (Phi) is 6.00. The van der Waals surface area contributed by atoms with Crippen molar-refractivity contribution in [3.63, 3.8) is 0 Å². The van der Waals surface area contributed by atoms with Crippen molar-refractivity contribution in [3.05, 3.63) is 15.6 Å². The molecule has 1 aromatic heterocycles. The fourth-order valence-corrected chi connectivity index (χ4v) is 3.55. The van der Waals surface area contributed by atoms with Crippen molar-refractivity contribution in [2.75, 3.05) is 6.61 Å². The summed E-state index contributed by atoms with van der Waals surface area (Å²) in [5, 5.41) is 4.72. The van der Waals surface area contributed by atoms with Crippen LogP contribution in [-0.4, -0.2) is 17.6 Å². The molecular weight excluding hydrogens is 268 g/mol. The van der Waals surface area contributed by atoms with Gasteiger partial charge < -0.3 is 10.1 Å². The molecular formula is C16H28N2OS. The zero-order chi connectivity index (χ0) is 14.5. The lowest BCUT2D eigenvalue weighted by molar-refractivity contribution is 0.0554. The topological polar surface area (TPSA) is 34.1 Å². The fraction of sp³-hybridized carbons (Fsp3) is 0.812. The van der Waals surface area contributed by atoms with Gasteiger partial charge in [-0.3, -0.25) is 0 Å². The highest BCUT2D eigenvalue weighted by molar-refractivity contribution is 7.11. The summed E-state index contributed by atoms with van der Waals surface area (Å²) < 4.78 is 5.89. The van der Waals surface area contributed by atoms with E-state index in [2.05, 4.69) is 33.0 Å². The Labute approximate surface area is 127 Å². The monoisotopic (exact) mass is 296 g/mol. The van der Waals surface area contributed by atoms with Crippen molar-refractivity contribution in [2.24, 2.45) is 0 Å². The van der Waals surface area contributed by atoms with Crippen LogP contribution in [0.2, 0.25) is 0 Å². The van der Waals surface area contributed by atoms with E-state index in [1.54, 1.807) is 0 Å². The van der Waals surface area contributed by atoms with Crippen molar-refractivity contribution in [2.45, 2.75) is 78.0 Å². The number of nitrogens with zero attached hydrogens (tertiary/aromatic N) is 1. The van der Waals surface area contributed by atoms with Crippen LogP contribution in [0.15, 0.2) is 0 Å². The van der Waals surface area contributed by atoms with E-state index in [1.807, 2.05) is 11.3 Å². The quantitative estimate of drug-likeness (QED) is 0.733. The summed E-state index contributed by atoms with van der Waals surface area (Å²) >= 11 is 1.86. The molecule has 1 aromatic rings. The third kappa shape index (κ3) is 4.27. The SMILES string of the molecule is CCCC(OCC)c1nc(C2CC2)c(CNC(C)C)s1. The number of aromatic nitrogens is 1. The second-order valence-electron chi connectivity index (χ2n) is 5.90. The van der Waals surface area contributed by atoms with Gasteiger partial charge in [-0.25, -0.2) is 4.98 Å². The molecule has 0 radical (unpaired) electrons. The Morgan fingerprint density at radius 1 is 1.35 bits per heavy atom. The standard InChI is InChI=1S/C16H28N2OS/c1-5-7-13(19-6-2)16-18-15(12-8-9-12)14(20-16)10-17-11(3)4/h11-13,17H,5-10H2,1-4H3. The average molecular weight is 296 g/mol. The summed E-state index contributed by atoms with van der Waals surface area (Å²) in [6.45, 7) is 10.4. The number of thiazole rings is 1. The maximum Gasteiger partial charge on any atom is 0.122 e. The van der Waals surface area contributed by atoms with Gasteiger partial charge in [-0.15, -0.1) is 11.3 Å². The Hall–Kier alpha value is -0.450. The highest BCUT2D eigenvalue weighted by Gasteiger charge is 2.30. The van der Waals surface area contributed by atoms with Crippen LogP contribution < -0.4 is 5.32 Å². The summed E-state index contributed by atoms with van der Waals surface area (Å²) in [4.78, 5) is 6.37. The molecule has 0 amide bonds. The van der Waals surface area contributed by atoms with Gasteiger partial charge in [-0.2, -0.15) is 0 Å². The first-order valence-electron chi connectivity index (χ1n) is 8.00. The van der Waals surface area contributed by atoms with E-state index < -0.39 is 0 Å². The average Bonchev–Trinajstić information content (AvgIpc) is 3.16. The summed E-state index contributed by atoms with van der Waals surface area (Å²) in [5.41, 5.74) is 1.35. The molecule has 1 atom stereocenters. The molecule has 0 saturated heterocycles. The van der Waals surface area contributed by atoms with Gasteiger partial charge in [-0.1, -0.05) is 27.2 Å². The van der Waals surface area contributed by atoms with Crippen LogP contribution in [0.4, 0.5) is 0 Å². The number of ether oxygens (including phenoxy) is 1. The third-order valence-corrected chi connectivity index (χ3v) is 4.74. The number of rotatable bonds is 9. The van der Waals surface area contributed by atoms with Crippen LogP contribution in [0.5, 0.6) is 0 Å². The lowest BCUT2D eigenvalue weighted by Crippen LogP contribution is -2.21. The molecule has 1 fully saturated rings. The van der Waals surface area contributed by atoms with Gasteiger partial charge in [-0.05, 0) is 26.2 Å². The van der Waals surface area contributed by atoms with Crippen LogP contribution in [0.3, 0.4) is 0 Å². The second-order valence-corrected chi connectivity index (χ2v) is 7.02. The van der Waals surface area contributed by atoms with Gasteiger partial charge in [0.2, 0.25) is 0 Å². The normalized spacial score (nSPS) is 16.9. The molecule has 0 aliphatic heterocycles. The lowest BCUT2D eigenvalue weighted by Gasteiger charge is -2.12. The van der Waals surface area contributed by atoms with Gasteiger partial charge in [0.1, 0.15) is 11.1 Å². The number of hydrogen-bond donors (Lipinski definition) is 1. The molecule has 0 bridgehead atoms. The molecule has 0 spiro atoms. The molecule has 4 heteroatoms. The largest absolute Gasteiger partial charge is 0.371 e. The molecule has 1 N–H and O–H groups in total. The number of nitrogens with one attached hydrogen (secondary N) is 1. The van der Waals surface area contributed by atoms with Gasteiger partial charge in [0, 0.05) is 30.0 Å². The lowest BCUT2D eigenvalue weighted by atomic mass is 10.2. The molecule has 0 aromatic carbocycles. The van der Waals surface area contributed by atoms with Gasteiger partial charge in [0.15, 0.2) is 0 Å². The molecule has 1 aliphatic carbocycles. The Morgan fingerprint density at radius 2 is 2.10 bits per heavy atom. The Balaban J connectivity index is 2.14. The molecule has 3 nitrogen and oxygen atoms in total. The zero-order valence-corrected chi connectivity index (χ0v) is 14.1. The number of hydrogen-bond acceptors (Lipinski definition) is 4. The van der Waals surface area contributed by atoms with E-state index in [0.717, 1.165) is 26.0 Å². The Bertz CT molecular complexity index is 407. The highest BCUT2D eigenvalue weighted by Crippen LogP contribution is 2.44. The molecule has 1 heterocycles. The van der Waals surface area contributed by atoms with Crippen molar-refractivity contribution >= 4 is 11.3 Å². The molecule has 2 rings (SSSR count). The minimum atomic E-state index is 0.195. The molecule has 114 valence electrons. The van der Waals surface area contributed by atoms with Crippen molar-refractivity contribution < 1.29 is 4.74 Å². The second kappa shape index (κ2) is 7.53. The molecule has 1 aliphatic rings. The first kappa shape index (κ1) is 15.9. The summed E-state index contributed by atoms with van der Waals surface area (Å²) in [7, 11) is 0. The fourth-order valence-electron chi connectivity index (χ4n) is 2.36. The predicted octanol–water partition coefficient (Wildman–Crippen LogP) is 4.40. The minimum absolute atomic E-state index is 0.195.